The van der Waals surface area contributed by atoms with Gasteiger partial charge in [-0.2, -0.15) is 0 Å². The Balaban J connectivity index is 3.64. The maximum atomic E-state index is 3.48. The molecule has 0 aliphatic carbocycles. The SMILES string of the molecule is CC(C)NCC(C)C(C)C(C)C. The second-order valence-electron chi connectivity index (χ2n) is 4.64. The van der Waals surface area contributed by atoms with Crippen molar-refractivity contribution in [3.05, 3.63) is 0 Å². The number of hydrogen-bond acceptors (Lipinski definition) is 1. The van der Waals surface area contributed by atoms with Gasteiger partial charge in [0.25, 0.3) is 0 Å². The van der Waals surface area contributed by atoms with Gasteiger partial charge in [-0.15, -0.1) is 0 Å². The molecule has 0 heterocycles. The average molecular weight is 171 g/mol. The zero-order chi connectivity index (χ0) is 9.72. The van der Waals surface area contributed by atoms with Crippen LogP contribution in [-0.4, -0.2) is 12.6 Å². The molecule has 0 rings (SSSR count). The van der Waals surface area contributed by atoms with Gasteiger partial charge < -0.3 is 5.32 Å². The number of nitrogens with one attached hydrogen (secondary N) is 1. The largest absolute Gasteiger partial charge is 0.314 e. The number of rotatable bonds is 5. The van der Waals surface area contributed by atoms with Crippen LogP contribution in [0.4, 0.5) is 0 Å². The van der Waals surface area contributed by atoms with Crippen molar-refractivity contribution in [1.82, 2.24) is 5.32 Å². The molecule has 0 saturated carbocycles. The molecule has 0 bridgehead atoms. The topological polar surface area (TPSA) is 12.0 Å². The van der Waals surface area contributed by atoms with E-state index in [1.54, 1.807) is 0 Å². The van der Waals surface area contributed by atoms with E-state index in [1.165, 1.54) is 0 Å². The molecule has 0 aromatic carbocycles. The van der Waals surface area contributed by atoms with Gasteiger partial charge in [0, 0.05) is 6.04 Å². The molecular weight excluding hydrogens is 146 g/mol. The monoisotopic (exact) mass is 171 g/mol. The zero-order valence-electron chi connectivity index (χ0n) is 9.52. The highest BCUT2D eigenvalue weighted by molar-refractivity contribution is 4.68. The standard InChI is InChI=1S/C11H25N/c1-8(2)11(6)10(5)7-12-9(3)4/h8-12H,7H2,1-6H3. The highest BCUT2D eigenvalue weighted by Gasteiger charge is 2.15. The first-order valence-electron chi connectivity index (χ1n) is 5.18. The maximum Gasteiger partial charge on any atom is 0.00104 e. The van der Waals surface area contributed by atoms with E-state index in [-0.39, 0.29) is 0 Å². The van der Waals surface area contributed by atoms with Gasteiger partial charge in [0.1, 0.15) is 0 Å². The predicted octanol–water partition coefficient (Wildman–Crippen LogP) is 2.91. The molecule has 0 saturated heterocycles. The molecule has 1 nitrogen and oxygen atoms in total. The van der Waals surface area contributed by atoms with Crippen LogP contribution in [0.1, 0.15) is 41.5 Å². The first-order valence-corrected chi connectivity index (χ1v) is 5.18. The molecule has 2 unspecified atom stereocenters. The lowest BCUT2D eigenvalue weighted by atomic mass is 9.86. The summed E-state index contributed by atoms with van der Waals surface area (Å²) in [5, 5.41) is 3.48. The molecule has 0 spiro atoms. The Morgan fingerprint density at radius 3 is 1.75 bits per heavy atom. The van der Waals surface area contributed by atoms with E-state index in [9.17, 15) is 0 Å². The fourth-order valence-electron chi connectivity index (χ4n) is 1.26. The first kappa shape index (κ1) is 12.0. The Morgan fingerprint density at radius 1 is 0.917 bits per heavy atom. The third-order valence-corrected chi connectivity index (χ3v) is 2.80. The Labute approximate surface area is 77.9 Å². The second kappa shape index (κ2) is 5.58. The summed E-state index contributed by atoms with van der Waals surface area (Å²) in [4.78, 5) is 0. The molecule has 0 aromatic heterocycles. The molecule has 0 aromatic rings. The van der Waals surface area contributed by atoms with Gasteiger partial charge in [-0.25, -0.2) is 0 Å². The minimum Gasteiger partial charge on any atom is -0.314 e. The van der Waals surface area contributed by atoms with Gasteiger partial charge >= 0.3 is 0 Å². The van der Waals surface area contributed by atoms with E-state index >= 15 is 0 Å². The quantitative estimate of drug-likeness (QED) is 0.670. The minimum atomic E-state index is 0.617. The Kier molecular flexibility index (Phi) is 5.56. The lowest BCUT2D eigenvalue weighted by Crippen LogP contribution is -2.31. The summed E-state index contributed by atoms with van der Waals surface area (Å²) in [5.74, 6) is 2.40. The van der Waals surface area contributed by atoms with Crippen molar-refractivity contribution in [2.24, 2.45) is 17.8 Å². The Hall–Kier alpha value is -0.0400. The fraction of sp³-hybridized carbons (Fsp3) is 1.00. The summed E-state index contributed by atoms with van der Waals surface area (Å²) in [5.41, 5.74) is 0. The van der Waals surface area contributed by atoms with Crippen molar-refractivity contribution >= 4 is 0 Å². The van der Waals surface area contributed by atoms with E-state index < -0.39 is 0 Å². The van der Waals surface area contributed by atoms with Crippen molar-refractivity contribution in [1.29, 1.82) is 0 Å². The average Bonchev–Trinajstić information content (AvgIpc) is 1.98. The van der Waals surface area contributed by atoms with Crippen LogP contribution in [0.5, 0.6) is 0 Å². The Morgan fingerprint density at radius 2 is 1.42 bits per heavy atom. The molecule has 0 aliphatic heterocycles. The van der Waals surface area contributed by atoms with Gasteiger partial charge in [0.15, 0.2) is 0 Å². The Bertz CT molecular complexity index is 108. The minimum absolute atomic E-state index is 0.617. The molecule has 0 radical (unpaired) electrons. The summed E-state index contributed by atoms with van der Waals surface area (Å²) in [6.07, 6.45) is 0. The summed E-state index contributed by atoms with van der Waals surface area (Å²) >= 11 is 0. The molecule has 1 N–H and O–H groups in total. The van der Waals surface area contributed by atoms with Crippen LogP contribution in [0.3, 0.4) is 0 Å². The first-order chi connectivity index (χ1) is 5.45. The predicted molar refractivity (Wildman–Crippen MR) is 56.3 cm³/mol. The van der Waals surface area contributed by atoms with Crippen LogP contribution in [-0.2, 0) is 0 Å². The smallest absolute Gasteiger partial charge is 0.00104 e. The van der Waals surface area contributed by atoms with Gasteiger partial charge in [-0.1, -0.05) is 41.5 Å². The van der Waals surface area contributed by atoms with Gasteiger partial charge in [0.2, 0.25) is 0 Å². The van der Waals surface area contributed by atoms with E-state index in [0.717, 1.165) is 24.3 Å². The zero-order valence-corrected chi connectivity index (χ0v) is 9.52. The van der Waals surface area contributed by atoms with Crippen LogP contribution < -0.4 is 5.32 Å². The molecule has 12 heavy (non-hydrogen) atoms. The van der Waals surface area contributed by atoms with Gasteiger partial charge in [-0.3, -0.25) is 0 Å². The molecule has 0 amide bonds. The third kappa shape index (κ3) is 4.76. The molecule has 1 heteroatoms. The molecule has 0 fully saturated rings. The highest BCUT2D eigenvalue weighted by Crippen LogP contribution is 2.19. The normalized spacial score (nSPS) is 17.0. The number of hydrogen-bond donors (Lipinski definition) is 1. The maximum absolute atomic E-state index is 3.48. The van der Waals surface area contributed by atoms with Crippen molar-refractivity contribution < 1.29 is 0 Å². The summed E-state index contributed by atoms with van der Waals surface area (Å²) < 4.78 is 0. The van der Waals surface area contributed by atoms with Crippen LogP contribution >= 0.6 is 0 Å². The molecular formula is C11H25N. The van der Waals surface area contributed by atoms with Gasteiger partial charge in [0.05, 0.1) is 0 Å². The fourth-order valence-corrected chi connectivity index (χ4v) is 1.26. The van der Waals surface area contributed by atoms with Crippen LogP contribution in [0.25, 0.3) is 0 Å². The van der Waals surface area contributed by atoms with Crippen LogP contribution in [0.2, 0.25) is 0 Å². The summed E-state index contributed by atoms with van der Waals surface area (Å²) in [6.45, 7) is 14.8. The molecule has 74 valence electrons. The molecule has 2 atom stereocenters. The lowest BCUT2D eigenvalue weighted by molar-refractivity contribution is 0.281. The third-order valence-electron chi connectivity index (χ3n) is 2.80. The van der Waals surface area contributed by atoms with Crippen molar-refractivity contribution in [2.75, 3.05) is 6.54 Å². The van der Waals surface area contributed by atoms with Crippen LogP contribution in [0, 0.1) is 17.8 Å². The summed E-state index contributed by atoms with van der Waals surface area (Å²) in [7, 11) is 0. The second-order valence-corrected chi connectivity index (χ2v) is 4.64. The van der Waals surface area contributed by atoms with E-state index in [1.807, 2.05) is 0 Å². The van der Waals surface area contributed by atoms with Gasteiger partial charge in [-0.05, 0) is 24.3 Å². The highest BCUT2D eigenvalue weighted by atomic mass is 14.9. The van der Waals surface area contributed by atoms with Crippen molar-refractivity contribution in [3.63, 3.8) is 0 Å². The lowest BCUT2D eigenvalue weighted by Gasteiger charge is -2.24. The van der Waals surface area contributed by atoms with E-state index in [0.29, 0.717) is 6.04 Å². The summed E-state index contributed by atoms with van der Waals surface area (Å²) in [6, 6.07) is 0.617. The van der Waals surface area contributed by atoms with Crippen molar-refractivity contribution in [2.45, 2.75) is 47.6 Å². The van der Waals surface area contributed by atoms with Crippen LogP contribution in [0.15, 0.2) is 0 Å². The molecule has 0 aliphatic rings. The van der Waals surface area contributed by atoms with E-state index in [4.69, 9.17) is 0 Å². The van der Waals surface area contributed by atoms with E-state index in [2.05, 4.69) is 46.9 Å². The van der Waals surface area contributed by atoms with Crippen molar-refractivity contribution in [3.8, 4) is 0 Å².